The zero-order valence-corrected chi connectivity index (χ0v) is 14.3. The first-order chi connectivity index (χ1) is 10.8. The Kier molecular flexibility index (Phi) is 5.06. The molecule has 0 fully saturated rings. The molecule has 0 amide bonds. The SMILES string of the molecule is CC[n+]1c(C)n(CCCS(=O)(=O)O)c2cc(C(=O)OC)ccc21. The van der Waals surface area contributed by atoms with E-state index in [1.54, 1.807) is 12.1 Å². The van der Waals surface area contributed by atoms with Crippen LogP contribution in [0, 0.1) is 6.92 Å². The first-order valence-electron chi connectivity index (χ1n) is 7.34. The van der Waals surface area contributed by atoms with E-state index in [-0.39, 0.29) is 12.2 Å². The number of nitrogens with zero attached hydrogens (tertiary/aromatic N) is 2. The highest BCUT2D eigenvalue weighted by Gasteiger charge is 2.22. The number of methoxy groups -OCH3 is 1. The molecular formula is C15H21N2O5S+. The van der Waals surface area contributed by atoms with Crippen LogP contribution >= 0.6 is 0 Å². The molecule has 1 aromatic heterocycles. The summed E-state index contributed by atoms with van der Waals surface area (Å²) in [4.78, 5) is 11.7. The fraction of sp³-hybridized carbons (Fsp3) is 0.467. The summed E-state index contributed by atoms with van der Waals surface area (Å²) in [7, 11) is -2.65. The van der Waals surface area contributed by atoms with Crippen LogP contribution < -0.4 is 4.57 Å². The number of ether oxygens (including phenoxy) is 1. The number of benzene rings is 1. The van der Waals surface area contributed by atoms with Gasteiger partial charge in [-0.15, -0.1) is 0 Å². The number of imidazole rings is 1. The van der Waals surface area contributed by atoms with Crippen LogP contribution in [0.5, 0.6) is 0 Å². The summed E-state index contributed by atoms with van der Waals surface area (Å²) < 4.78 is 39.5. The molecule has 0 bridgehead atoms. The summed E-state index contributed by atoms with van der Waals surface area (Å²) in [5.41, 5.74) is 2.24. The van der Waals surface area contributed by atoms with E-state index in [1.807, 2.05) is 24.5 Å². The Bertz CT molecular complexity index is 839. The molecule has 1 aromatic carbocycles. The molecule has 1 N–H and O–H groups in total. The van der Waals surface area contributed by atoms with Crippen LogP contribution in [-0.4, -0.2) is 36.4 Å². The van der Waals surface area contributed by atoms with Gasteiger partial charge in [0.2, 0.25) is 0 Å². The zero-order valence-electron chi connectivity index (χ0n) is 13.4. The predicted molar refractivity (Wildman–Crippen MR) is 84.9 cm³/mol. The minimum absolute atomic E-state index is 0.287. The van der Waals surface area contributed by atoms with Gasteiger partial charge in [-0.1, -0.05) is 0 Å². The van der Waals surface area contributed by atoms with Gasteiger partial charge in [-0.2, -0.15) is 8.42 Å². The number of hydrogen-bond donors (Lipinski definition) is 1. The summed E-state index contributed by atoms with van der Waals surface area (Å²) in [6.45, 7) is 5.14. The summed E-state index contributed by atoms with van der Waals surface area (Å²) in [6.07, 6.45) is 0.287. The van der Waals surface area contributed by atoms with Gasteiger partial charge in [0.05, 0.1) is 31.5 Å². The number of aromatic nitrogens is 2. The Morgan fingerprint density at radius 3 is 2.65 bits per heavy atom. The summed E-state index contributed by atoms with van der Waals surface area (Å²) in [6, 6.07) is 5.31. The van der Waals surface area contributed by atoms with E-state index in [0.717, 1.165) is 23.4 Å². The molecular weight excluding hydrogens is 320 g/mol. The van der Waals surface area contributed by atoms with Crippen LogP contribution in [0.1, 0.15) is 29.5 Å². The summed E-state index contributed by atoms with van der Waals surface area (Å²) >= 11 is 0. The number of hydrogen-bond acceptors (Lipinski definition) is 4. The van der Waals surface area contributed by atoms with Crippen LogP contribution in [0.15, 0.2) is 18.2 Å². The maximum atomic E-state index is 11.7. The number of fused-ring (bicyclic) bond motifs is 1. The molecule has 0 saturated heterocycles. The third-order valence-electron chi connectivity index (χ3n) is 3.86. The van der Waals surface area contributed by atoms with E-state index in [1.165, 1.54) is 7.11 Å². The molecule has 8 heteroatoms. The van der Waals surface area contributed by atoms with Crippen LogP contribution in [-0.2, 0) is 27.9 Å². The molecule has 7 nitrogen and oxygen atoms in total. The molecule has 0 aliphatic rings. The van der Waals surface area contributed by atoms with Gasteiger partial charge in [-0.3, -0.25) is 4.55 Å². The fourth-order valence-corrected chi connectivity index (χ4v) is 3.29. The van der Waals surface area contributed by atoms with Crippen LogP contribution in [0.3, 0.4) is 0 Å². The second kappa shape index (κ2) is 6.67. The maximum absolute atomic E-state index is 11.7. The lowest BCUT2D eigenvalue weighted by Crippen LogP contribution is -2.35. The van der Waals surface area contributed by atoms with E-state index in [9.17, 15) is 13.2 Å². The first kappa shape index (κ1) is 17.4. The smallest absolute Gasteiger partial charge is 0.338 e. The first-order valence-corrected chi connectivity index (χ1v) is 8.95. The van der Waals surface area contributed by atoms with Gasteiger partial charge >= 0.3 is 5.97 Å². The van der Waals surface area contributed by atoms with Gasteiger partial charge in [-0.25, -0.2) is 13.9 Å². The highest BCUT2D eigenvalue weighted by Crippen LogP contribution is 2.18. The van der Waals surface area contributed by atoms with Gasteiger partial charge in [-0.05, 0) is 19.1 Å². The van der Waals surface area contributed by atoms with Crippen molar-refractivity contribution in [3.8, 4) is 0 Å². The highest BCUT2D eigenvalue weighted by molar-refractivity contribution is 7.85. The van der Waals surface area contributed by atoms with E-state index in [2.05, 4.69) is 4.57 Å². The molecule has 126 valence electrons. The third kappa shape index (κ3) is 3.70. The molecule has 0 radical (unpaired) electrons. The lowest BCUT2D eigenvalue weighted by molar-refractivity contribution is -0.675. The van der Waals surface area contributed by atoms with Crippen molar-refractivity contribution in [1.29, 1.82) is 0 Å². The molecule has 0 atom stereocenters. The summed E-state index contributed by atoms with van der Waals surface area (Å²) in [5.74, 6) is 0.243. The lowest BCUT2D eigenvalue weighted by Gasteiger charge is -2.01. The van der Waals surface area contributed by atoms with Crippen molar-refractivity contribution < 1.29 is 27.1 Å². The fourth-order valence-electron chi connectivity index (χ4n) is 2.79. The molecule has 0 unspecified atom stereocenters. The highest BCUT2D eigenvalue weighted by atomic mass is 32.2. The minimum atomic E-state index is -3.98. The summed E-state index contributed by atoms with van der Waals surface area (Å²) in [5, 5.41) is 0. The normalized spacial score (nSPS) is 11.8. The second-order valence-corrected chi connectivity index (χ2v) is 6.85. The van der Waals surface area contributed by atoms with Crippen molar-refractivity contribution in [3.63, 3.8) is 0 Å². The molecule has 2 aromatic rings. The lowest BCUT2D eigenvalue weighted by atomic mass is 10.2. The van der Waals surface area contributed by atoms with Gasteiger partial charge in [0.15, 0.2) is 11.0 Å². The average Bonchev–Trinajstić information content (AvgIpc) is 2.76. The molecule has 1 heterocycles. The molecule has 2 rings (SSSR count). The van der Waals surface area contributed by atoms with Crippen LogP contribution in [0.25, 0.3) is 11.0 Å². The monoisotopic (exact) mass is 341 g/mol. The number of carbonyl (C=O) groups is 1. The van der Waals surface area contributed by atoms with Crippen molar-refractivity contribution >= 4 is 27.1 Å². The Hall–Kier alpha value is -1.93. The van der Waals surface area contributed by atoms with Crippen molar-refractivity contribution in [1.82, 2.24) is 4.57 Å². The van der Waals surface area contributed by atoms with E-state index >= 15 is 0 Å². The van der Waals surface area contributed by atoms with Gasteiger partial charge < -0.3 is 4.74 Å². The van der Waals surface area contributed by atoms with Gasteiger partial charge in [0.25, 0.3) is 15.9 Å². The molecule has 0 aliphatic heterocycles. The Balaban J connectivity index is 2.48. The zero-order chi connectivity index (χ0) is 17.2. The maximum Gasteiger partial charge on any atom is 0.338 e. The second-order valence-electron chi connectivity index (χ2n) is 5.28. The third-order valence-corrected chi connectivity index (χ3v) is 4.66. The van der Waals surface area contributed by atoms with E-state index in [4.69, 9.17) is 9.29 Å². The largest absolute Gasteiger partial charge is 0.465 e. The van der Waals surface area contributed by atoms with Crippen LogP contribution in [0.2, 0.25) is 0 Å². The van der Waals surface area contributed by atoms with E-state index < -0.39 is 16.1 Å². The Labute approximate surface area is 135 Å². The number of rotatable bonds is 6. The Morgan fingerprint density at radius 2 is 2.09 bits per heavy atom. The molecule has 23 heavy (non-hydrogen) atoms. The van der Waals surface area contributed by atoms with Crippen molar-refractivity contribution in [2.45, 2.75) is 33.4 Å². The quantitative estimate of drug-likeness (QED) is 0.486. The topological polar surface area (TPSA) is 89.5 Å². The van der Waals surface area contributed by atoms with Crippen LogP contribution in [0.4, 0.5) is 0 Å². The average molecular weight is 341 g/mol. The number of aryl methyl sites for hydroxylation is 2. The molecule has 0 saturated carbocycles. The van der Waals surface area contributed by atoms with Crippen molar-refractivity contribution in [2.75, 3.05) is 12.9 Å². The van der Waals surface area contributed by atoms with Gasteiger partial charge in [0, 0.05) is 19.4 Å². The molecule has 0 spiro atoms. The standard InChI is InChI=1S/C15H20N2O5S/c1-4-16-11(2)17(8-5-9-23(19,20)21)14-10-12(15(18)22-3)6-7-13(14)16/h6-7,10H,4-5,8-9H2,1-3H3/p+1. The molecule has 0 aliphatic carbocycles. The number of carbonyl (C=O) groups excluding carboxylic acids is 1. The van der Waals surface area contributed by atoms with Gasteiger partial charge in [0.1, 0.15) is 0 Å². The predicted octanol–water partition coefficient (Wildman–Crippen LogP) is 1.32. The minimum Gasteiger partial charge on any atom is -0.465 e. The Morgan fingerprint density at radius 1 is 1.39 bits per heavy atom. The van der Waals surface area contributed by atoms with Crippen molar-refractivity contribution in [2.24, 2.45) is 0 Å². The number of esters is 1. The van der Waals surface area contributed by atoms with E-state index in [0.29, 0.717) is 12.1 Å². The van der Waals surface area contributed by atoms with Crippen molar-refractivity contribution in [3.05, 3.63) is 29.6 Å².